The fourth-order valence-corrected chi connectivity index (χ4v) is 1.90. The molecule has 0 fully saturated rings. The number of unbranched alkanes of at least 4 members (excludes halogenated alkanes) is 3. The highest BCUT2D eigenvalue weighted by Crippen LogP contribution is 2.22. The molecule has 18 heavy (non-hydrogen) atoms. The Morgan fingerprint density at radius 2 is 2.11 bits per heavy atom. The van der Waals surface area contributed by atoms with Crippen LogP contribution < -0.4 is 5.32 Å². The second-order valence-corrected chi connectivity index (χ2v) is 4.61. The molecular weight excluding hydrogens is 250 g/mol. The lowest BCUT2D eigenvalue weighted by atomic mass is 10.1. The molecule has 4 heteroatoms. The third kappa shape index (κ3) is 4.57. The first-order valence-corrected chi connectivity index (χ1v) is 6.68. The van der Waals surface area contributed by atoms with E-state index >= 15 is 0 Å². The molecule has 0 atom stereocenters. The molecule has 0 heterocycles. The number of hydrogen-bond donors (Lipinski definition) is 1. The number of hydrogen-bond acceptors (Lipinski definition) is 3. The summed E-state index contributed by atoms with van der Waals surface area (Å²) in [5.41, 5.74) is 1.27. The van der Waals surface area contributed by atoms with E-state index in [0.717, 1.165) is 18.7 Å². The largest absolute Gasteiger partial charge is 0.465 e. The van der Waals surface area contributed by atoms with Crippen molar-refractivity contribution in [2.45, 2.75) is 32.6 Å². The Hall–Kier alpha value is -1.22. The van der Waals surface area contributed by atoms with Gasteiger partial charge in [0.2, 0.25) is 0 Å². The highest BCUT2D eigenvalue weighted by molar-refractivity contribution is 6.31. The topological polar surface area (TPSA) is 38.3 Å². The van der Waals surface area contributed by atoms with E-state index in [9.17, 15) is 4.79 Å². The van der Waals surface area contributed by atoms with Crippen molar-refractivity contribution in [3.8, 4) is 0 Å². The van der Waals surface area contributed by atoms with Gasteiger partial charge in [-0.25, -0.2) is 4.79 Å². The Kier molecular flexibility index (Phi) is 6.58. The number of ether oxygens (including phenoxy) is 1. The summed E-state index contributed by atoms with van der Waals surface area (Å²) in [6.07, 6.45) is 4.73. The summed E-state index contributed by atoms with van der Waals surface area (Å²) in [5, 5.41) is 3.85. The number of halogens is 1. The van der Waals surface area contributed by atoms with Gasteiger partial charge in [-0.2, -0.15) is 0 Å². The first-order chi connectivity index (χ1) is 8.69. The number of carbonyl (C=O) groups excluding carboxylic acids is 1. The Balaban J connectivity index is 2.62. The number of benzene rings is 1. The van der Waals surface area contributed by atoms with Crippen LogP contribution in [0.1, 0.15) is 43.0 Å². The molecule has 0 unspecified atom stereocenters. The molecule has 0 amide bonds. The molecule has 0 aliphatic heterocycles. The van der Waals surface area contributed by atoms with Gasteiger partial charge in [0.25, 0.3) is 0 Å². The van der Waals surface area contributed by atoms with Gasteiger partial charge in [-0.15, -0.1) is 0 Å². The smallest absolute Gasteiger partial charge is 0.339 e. The summed E-state index contributed by atoms with van der Waals surface area (Å²) < 4.78 is 4.74. The van der Waals surface area contributed by atoms with E-state index in [1.54, 1.807) is 18.2 Å². The molecule has 0 saturated heterocycles. The summed E-state index contributed by atoms with van der Waals surface area (Å²) in [4.78, 5) is 11.6. The average Bonchev–Trinajstić information content (AvgIpc) is 2.38. The van der Waals surface area contributed by atoms with Crippen molar-refractivity contribution < 1.29 is 9.53 Å². The third-order valence-corrected chi connectivity index (χ3v) is 2.97. The van der Waals surface area contributed by atoms with Gasteiger partial charge in [-0.1, -0.05) is 37.8 Å². The van der Waals surface area contributed by atoms with Crippen molar-refractivity contribution in [2.75, 3.05) is 19.0 Å². The SMILES string of the molecule is CCCCCCNc1cc(Cl)ccc1C(=O)OC. The third-order valence-electron chi connectivity index (χ3n) is 2.73. The lowest BCUT2D eigenvalue weighted by Crippen LogP contribution is -2.09. The van der Waals surface area contributed by atoms with Crippen molar-refractivity contribution in [3.63, 3.8) is 0 Å². The van der Waals surface area contributed by atoms with Gasteiger partial charge in [0.05, 0.1) is 18.4 Å². The van der Waals surface area contributed by atoms with Crippen LogP contribution in [0.2, 0.25) is 5.02 Å². The van der Waals surface area contributed by atoms with Crippen LogP contribution in [-0.2, 0) is 4.74 Å². The minimum atomic E-state index is -0.345. The second kappa shape index (κ2) is 7.98. The molecule has 1 rings (SSSR count). The highest BCUT2D eigenvalue weighted by Gasteiger charge is 2.11. The van der Waals surface area contributed by atoms with E-state index in [4.69, 9.17) is 16.3 Å². The Morgan fingerprint density at radius 1 is 1.33 bits per heavy atom. The lowest BCUT2D eigenvalue weighted by Gasteiger charge is -2.11. The van der Waals surface area contributed by atoms with Crippen molar-refractivity contribution in [3.05, 3.63) is 28.8 Å². The molecule has 0 spiro atoms. The molecule has 1 N–H and O–H groups in total. The fourth-order valence-electron chi connectivity index (χ4n) is 1.73. The standard InChI is InChI=1S/C14H20ClNO2/c1-3-4-5-6-9-16-13-10-11(15)7-8-12(13)14(17)18-2/h7-8,10,16H,3-6,9H2,1-2H3. The monoisotopic (exact) mass is 269 g/mol. The van der Waals surface area contributed by atoms with Gasteiger partial charge in [0.15, 0.2) is 0 Å². The summed E-state index contributed by atoms with van der Waals surface area (Å²) in [5.74, 6) is -0.345. The number of nitrogens with one attached hydrogen (secondary N) is 1. The quantitative estimate of drug-likeness (QED) is 0.598. The van der Waals surface area contributed by atoms with Crippen LogP contribution in [-0.4, -0.2) is 19.6 Å². The molecule has 0 aromatic heterocycles. The summed E-state index contributed by atoms with van der Waals surface area (Å²) >= 11 is 5.94. The molecule has 100 valence electrons. The van der Waals surface area contributed by atoms with Crippen molar-refractivity contribution >= 4 is 23.3 Å². The number of rotatable bonds is 7. The van der Waals surface area contributed by atoms with Crippen LogP contribution in [0.15, 0.2) is 18.2 Å². The van der Waals surface area contributed by atoms with Crippen LogP contribution in [0.3, 0.4) is 0 Å². The van der Waals surface area contributed by atoms with Crippen LogP contribution in [0.4, 0.5) is 5.69 Å². The van der Waals surface area contributed by atoms with Crippen molar-refractivity contribution in [1.29, 1.82) is 0 Å². The van der Waals surface area contributed by atoms with Gasteiger partial charge in [-0.05, 0) is 24.6 Å². The first kappa shape index (κ1) is 14.8. The summed E-state index contributed by atoms with van der Waals surface area (Å²) in [7, 11) is 1.38. The molecule has 1 aromatic rings. The molecule has 0 radical (unpaired) electrons. The van der Waals surface area contributed by atoms with Gasteiger partial charge in [0, 0.05) is 11.6 Å². The van der Waals surface area contributed by atoms with Gasteiger partial charge in [-0.3, -0.25) is 0 Å². The van der Waals surface area contributed by atoms with Crippen LogP contribution in [0.25, 0.3) is 0 Å². The molecular formula is C14H20ClNO2. The summed E-state index contributed by atoms with van der Waals surface area (Å²) in [6.45, 7) is 3.02. The number of anilines is 1. The average molecular weight is 270 g/mol. The molecule has 1 aromatic carbocycles. The molecule has 0 bridgehead atoms. The zero-order valence-electron chi connectivity index (χ0n) is 11.0. The Labute approximate surface area is 113 Å². The molecule has 3 nitrogen and oxygen atoms in total. The van der Waals surface area contributed by atoms with E-state index in [-0.39, 0.29) is 5.97 Å². The minimum absolute atomic E-state index is 0.345. The predicted molar refractivity (Wildman–Crippen MR) is 75.4 cm³/mol. The minimum Gasteiger partial charge on any atom is -0.465 e. The second-order valence-electron chi connectivity index (χ2n) is 4.17. The van der Waals surface area contributed by atoms with E-state index in [0.29, 0.717) is 10.6 Å². The maximum Gasteiger partial charge on any atom is 0.339 e. The van der Waals surface area contributed by atoms with Crippen LogP contribution in [0.5, 0.6) is 0 Å². The van der Waals surface area contributed by atoms with E-state index < -0.39 is 0 Å². The van der Waals surface area contributed by atoms with Crippen LogP contribution in [0, 0.1) is 0 Å². The highest BCUT2D eigenvalue weighted by atomic mass is 35.5. The number of methoxy groups -OCH3 is 1. The number of esters is 1. The maximum atomic E-state index is 11.6. The van der Waals surface area contributed by atoms with E-state index in [1.807, 2.05) is 0 Å². The van der Waals surface area contributed by atoms with E-state index in [1.165, 1.54) is 26.4 Å². The van der Waals surface area contributed by atoms with Gasteiger partial charge in [0.1, 0.15) is 0 Å². The summed E-state index contributed by atoms with van der Waals surface area (Å²) in [6, 6.07) is 5.13. The number of carbonyl (C=O) groups is 1. The predicted octanol–water partition coefficient (Wildman–Crippen LogP) is 4.12. The zero-order chi connectivity index (χ0) is 13.4. The Bertz CT molecular complexity index is 393. The van der Waals surface area contributed by atoms with Crippen molar-refractivity contribution in [2.24, 2.45) is 0 Å². The van der Waals surface area contributed by atoms with Gasteiger partial charge < -0.3 is 10.1 Å². The first-order valence-electron chi connectivity index (χ1n) is 6.30. The normalized spacial score (nSPS) is 10.2. The molecule has 0 aliphatic rings. The van der Waals surface area contributed by atoms with Gasteiger partial charge >= 0.3 is 5.97 Å². The molecule has 0 aliphatic carbocycles. The molecule has 0 saturated carbocycles. The zero-order valence-corrected chi connectivity index (χ0v) is 11.7. The maximum absolute atomic E-state index is 11.6. The Morgan fingerprint density at radius 3 is 2.78 bits per heavy atom. The van der Waals surface area contributed by atoms with E-state index in [2.05, 4.69) is 12.2 Å². The fraction of sp³-hybridized carbons (Fsp3) is 0.500. The van der Waals surface area contributed by atoms with Crippen molar-refractivity contribution in [1.82, 2.24) is 0 Å². The van der Waals surface area contributed by atoms with Crippen LogP contribution >= 0.6 is 11.6 Å². The lowest BCUT2D eigenvalue weighted by molar-refractivity contribution is 0.0602.